The van der Waals surface area contributed by atoms with Gasteiger partial charge in [0.2, 0.25) is 10.9 Å². The molecule has 0 aliphatic carbocycles. The quantitative estimate of drug-likeness (QED) is 0.865. The SMILES string of the molecule is Cc1c(Nc2ccc(N3CCC4(CC3)OCCO4)cc2)c(=O)c1=O. The van der Waals surface area contributed by atoms with E-state index in [1.54, 1.807) is 6.92 Å². The average Bonchev–Trinajstić information content (AvgIpc) is 3.08. The van der Waals surface area contributed by atoms with Gasteiger partial charge in [0.1, 0.15) is 0 Å². The van der Waals surface area contributed by atoms with Crippen molar-refractivity contribution >= 4 is 17.1 Å². The van der Waals surface area contributed by atoms with Gasteiger partial charge in [-0.3, -0.25) is 9.59 Å². The van der Waals surface area contributed by atoms with E-state index in [0.29, 0.717) is 24.5 Å². The van der Waals surface area contributed by atoms with Crippen LogP contribution in [0.2, 0.25) is 0 Å². The number of hydrogen-bond acceptors (Lipinski definition) is 6. The summed E-state index contributed by atoms with van der Waals surface area (Å²) in [6, 6.07) is 7.91. The lowest BCUT2D eigenvalue weighted by atomic mass is 10.0. The molecule has 2 aromatic rings. The molecular weight excluding hydrogens is 308 g/mol. The molecule has 2 heterocycles. The summed E-state index contributed by atoms with van der Waals surface area (Å²) in [5.74, 6) is -0.362. The van der Waals surface area contributed by atoms with Crippen LogP contribution in [0.25, 0.3) is 0 Å². The van der Waals surface area contributed by atoms with Gasteiger partial charge in [-0.2, -0.15) is 0 Å². The van der Waals surface area contributed by atoms with E-state index >= 15 is 0 Å². The molecule has 4 rings (SSSR count). The smallest absolute Gasteiger partial charge is 0.249 e. The molecule has 0 radical (unpaired) electrons. The summed E-state index contributed by atoms with van der Waals surface area (Å²) in [5, 5.41) is 3.03. The fourth-order valence-corrected chi connectivity index (χ4v) is 3.45. The monoisotopic (exact) mass is 328 g/mol. The van der Waals surface area contributed by atoms with E-state index in [-0.39, 0.29) is 5.79 Å². The topological polar surface area (TPSA) is 67.9 Å². The van der Waals surface area contributed by atoms with Crippen LogP contribution in [0.5, 0.6) is 0 Å². The second kappa shape index (κ2) is 5.72. The minimum absolute atomic E-state index is 0.362. The molecule has 2 aliphatic heterocycles. The van der Waals surface area contributed by atoms with E-state index in [2.05, 4.69) is 10.2 Å². The molecule has 1 spiro atoms. The van der Waals surface area contributed by atoms with Gasteiger partial charge in [0.05, 0.1) is 18.9 Å². The Bertz CT molecular complexity index is 805. The van der Waals surface area contributed by atoms with E-state index in [0.717, 1.165) is 37.3 Å². The summed E-state index contributed by atoms with van der Waals surface area (Å²) < 4.78 is 11.5. The highest BCUT2D eigenvalue weighted by atomic mass is 16.7. The Morgan fingerprint density at radius 2 is 1.62 bits per heavy atom. The lowest BCUT2D eigenvalue weighted by Gasteiger charge is -2.38. The number of ether oxygens (including phenoxy) is 2. The van der Waals surface area contributed by atoms with E-state index in [1.807, 2.05) is 24.3 Å². The third-order valence-electron chi connectivity index (χ3n) is 4.99. The van der Waals surface area contributed by atoms with Crippen molar-refractivity contribution in [3.05, 3.63) is 50.3 Å². The minimum atomic E-state index is -0.436. The minimum Gasteiger partial charge on any atom is -0.371 e. The van der Waals surface area contributed by atoms with Crippen LogP contribution in [-0.4, -0.2) is 32.1 Å². The fraction of sp³-hybridized carbons (Fsp3) is 0.444. The first-order valence-electron chi connectivity index (χ1n) is 8.28. The molecule has 2 aromatic carbocycles. The van der Waals surface area contributed by atoms with Crippen molar-refractivity contribution in [1.29, 1.82) is 0 Å². The van der Waals surface area contributed by atoms with Gasteiger partial charge in [-0.15, -0.1) is 0 Å². The highest BCUT2D eigenvalue weighted by Crippen LogP contribution is 2.33. The van der Waals surface area contributed by atoms with Crippen LogP contribution >= 0.6 is 0 Å². The number of nitrogens with one attached hydrogen (secondary N) is 1. The summed E-state index contributed by atoms with van der Waals surface area (Å²) in [7, 11) is 0. The number of piperidine rings is 1. The summed E-state index contributed by atoms with van der Waals surface area (Å²) >= 11 is 0. The van der Waals surface area contributed by atoms with Crippen LogP contribution in [0.15, 0.2) is 33.9 Å². The van der Waals surface area contributed by atoms with Gasteiger partial charge in [0.25, 0.3) is 0 Å². The molecule has 1 N–H and O–H groups in total. The van der Waals surface area contributed by atoms with Crippen molar-refractivity contribution in [1.82, 2.24) is 0 Å². The Morgan fingerprint density at radius 1 is 1.00 bits per heavy atom. The second-order valence-corrected chi connectivity index (χ2v) is 6.42. The molecule has 126 valence electrons. The first-order chi connectivity index (χ1) is 11.6. The molecule has 0 atom stereocenters. The molecular formula is C18H20N2O4. The van der Waals surface area contributed by atoms with Crippen LogP contribution in [0.4, 0.5) is 17.1 Å². The fourth-order valence-electron chi connectivity index (χ4n) is 3.45. The van der Waals surface area contributed by atoms with Crippen LogP contribution in [0.3, 0.4) is 0 Å². The molecule has 0 aromatic heterocycles. The maximum Gasteiger partial charge on any atom is 0.249 e. The van der Waals surface area contributed by atoms with Gasteiger partial charge in [-0.25, -0.2) is 0 Å². The zero-order chi connectivity index (χ0) is 16.7. The standard InChI is InChI=1S/C18H20N2O4/c1-12-15(17(22)16(12)21)19-13-2-4-14(5-3-13)20-8-6-18(7-9-20)23-10-11-24-18/h2-5,19H,6-11H2,1H3. The number of hydrogen-bond donors (Lipinski definition) is 1. The molecule has 24 heavy (non-hydrogen) atoms. The molecule has 6 nitrogen and oxygen atoms in total. The second-order valence-electron chi connectivity index (χ2n) is 6.42. The number of anilines is 3. The summed E-state index contributed by atoms with van der Waals surface area (Å²) in [6.07, 6.45) is 1.74. The number of rotatable bonds is 3. The maximum atomic E-state index is 11.5. The molecule has 2 fully saturated rings. The van der Waals surface area contributed by atoms with Gasteiger partial charge < -0.3 is 19.7 Å². The third-order valence-corrected chi connectivity index (χ3v) is 4.99. The van der Waals surface area contributed by atoms with Crippen molar-refractivity contribution in [2.75, 3.05) is 36.5 Å². The normalized spacial score (nSPS) is 20.0. The van der Waals surface area contributed by atoms with E-state index < -0.39 is 10.9 Å². The van der Waals surface area contributed by atoms with Crippen molar-refractivity contribution in [3.63, 3.8) is 0 Å². The Morgan fingerprint density at radius 3 is 2.21 bits per heavy atom. The average molecular weight is 328 g/mol. The first kappa shape index (κ1) is 15.4. The Kier molecular flexibility index (Phi) is 3.66. The lowest BCUT2D eigenvalue weighted by Crippen LogP contribution is -2.45. The number of benzene rings is 1. The third kappa shape index (κ3) is 2.52. The molecule has 0 bridgehead atoms. The van der Waals surface area contributed by atoms with E-state index in [9.17, 15) is 9.59 Å². The molecule has 2 saturated heterocycles. The van der Waals surface area contributed by atoms with Crippen molar-refractivity contribution in [2.24, 2.45) is 0 Å². The Balaban J connectivity index is 1.41. The highest BCUT2D eigenvalue weighted by molar-refractivity contribution is 5.67. The molecule has 0 amide bonds. The summed E-state index contributed by atoms with van der Waals surface area (Å²) in [4.78, 5) is 25.1. The lowest BCUT2D eigenvalue weighted by molar-refractivity contribution is -0.169. The summed E-state index contributed by atoms with van der Waals surface area (Å²) in [5.41, 5.74) is 2.02. The van der Waals surface area contributed by atoms with Crippen LogP contribution in [0.1, 0.15) is 18.4 Å². The predicted octanol–water partition coefficient (Wildman–Crippen LogP) is 1.68. The zero-order valence-electron chi connectivity index (χ0n) is 13.6. The van der Waals surface area contributed by atoms with E-state index in [1.165, 1.54) is 0 Å². The largest absolute Gasteiger partial charge is 0.371 e. The van der Waals surface area contributed by atoms with Crippen molar-refractivity contribution in [3.8, 4) is 0 Å². The van der Waals surface area contributed by atoms with Crippen molar-refractivity contribution in [2.45, 2.75) is 25.6 Å². The van der Waals surface area contributed by atoms with E-state index in [4.69, 9.17) is 9.47 Å². The van der Waals surface area contributed by atoms with Gasteiger partial charge in [-0.1, -0.05) is 0 Å². The van der Waals surface area contributed by atoms with Crippen LogP contribution < -0.4 is 21.1 Å². The molecule has 0 saturated carbocycles. The molecule has 2 aliphatic rings. The Hall–Kier alpha value is -2.18. The van der Waals surface area contributed by atoms with Crippen molar-refractivity contribution < 1.29 is 9.47 Å². The molecule has 0 unspecified atom stereocenters. The zero-order valence-corrected chi connectivity index (χ0v) is 13.6. The maximum absolute atomic E-state index is 11.5. The van der Waals surface area contributed by atoms with Gasteiger partial charge in [0, 0.05) is 42.9 Å². The van der Waals surface area contributed by atoms with Gasteiger partial charge in [0.15, 0.2) is 5.79 Å². The van der Waals surface area contributed by atoms with Gasteiger partial charge in [-0.05, 0) is 31.2 Å². The van der Waals surface area contributed by atoms with Gasteiger partial charge >= 0.3 is 0 Å². The van der Waals surface area contributed by atoms with Crippen LogP contribution in [0, 0.1) is 6.92 Å². The Labute approximate surface area is 139 Å². The highest BCUT2D eigenvalue weighted by Gasteiger charge is 2.39. The first-order valence-corrected chi connectivity index (χ1v) is 8.28. The van der Waals surface area contributed by atoms with Crippen LogP contribution in [-0.2, 0) is 9.47 Å². The number of nitrogens with zero attached hydrogens (tertiary/aromatic N) is 1. The summed E-state index contributed by atoms with van der Waals surface area (Å²) in [6.45, 7) is 4.83. The predicted molar refractivity (Wildman–Crippen MR) is 91.9 cm³/mol. The molecule has 6 heteroatoms.